The quantitative estimate of drug-likeness (QED) is 0.903. The van der Waals surface area contributed by atoms with Crippen LogP contribution in [-0.4, -0.2) is 29.0 Å². The molecular formula is C17H21ClN4O. The Hall–Kier alpha value is -2.14. The summed E-state index contributed by atoms with van der Waals surface area (Å²) in [4.78, 5) is 23.2. The fraction of sp³-hybridized carbons (Fsp3) is 0.353. The van der Waals surface area contributed by atoms with Crippen molar-refractivity contribution in [2.24, 2.45) is 0 Å². The van der Waals surface area contributed by atoms with E-state index in [0.29, 0.717) is 22.2 Å². The highest BCUT2D eigenvalue weighted by Gasteiger charge is 2.13. The van der Waals surface area contributed by atoms with E-state index in [0.717, 1.165) is 24.5 Å². The van der Waals surface area contributed by atoms with E-state index in [9.17, 15) is 4.79 Å². The number of aryl methyl sites for hydroxylation is 2. The van der Waals surface area contributed by atoms with Crippen molar-refractivity contribution in [1.82, 2.24) is 9.97 Å². The Morgan fingerprint density at radius 2 is 1.87 bits per heavy atom. The third kappa shape index (κ3) is 4.20. The molecule has 1 heterocycles. The van der Waals surface area contributed by atoms with Gasteiger partial charge in [-0.2, -0.15) is 0 Å². The Balaban J connectivity index is 2.26. The summed E-state index contributed by atoms with van der Waals surface area (Å²) in [6.07, 6.45) is 0. The molecule has 2 aromatic rings. The molecule has 0 saturated heterocycles. The minimum atomic E-state index is -0.274. The van der Waals surface area contributed by atoms with E-state index in [4.69, 9.17) is 11.6 Å². The number of halogens is 1. The van der Waals surface area contributed by atoms with E-state index in [-0.39, 0.29) is 5.91 Å². The van der Waals surface area contributed by atoms with Crippen molar-refractivity contribution in [3.05, 3.63) is 46.4 Å². The zero-order chi connectivity index (χ0) is 17.0. The number of anilines is 2. The van der Waals surface area contributed by atoms with E-state index in [1.54, 1.807) is 19.1 Å². The molecule has 0 aliphatic heterocycles. The monoisotopic (exact) mass is 332 g/mol. The zero-order valence-corrected chi connectivity index (χ0v) is 14.6. The molecular weight excluding hydrogens is 312 g/mol. The number of nitrogens with zero attached hydrogens (tertiary/aromatic N) is 3. The average Bonchev–Trinajstić information content (AvgIpc) is 2.51. The predicted octanol–water partition coefficient (Wildman–Crippen LogP) is 3.85. The minimum absolute atomic E-state index is 0.274. The highest BCUT2D eigenvalue weighted by molar-refractivity contribution is 6.31. The van der Waals surface area contributed by atoms with Gasteiger partial charge in [-0.1, -0.05) is 17.7 Å². The fourth-order valence-corrected chi connectivity index (χ4v) is 2.42. The maximum absolute atomic E-state index is 12.5. The van der Waals surface area contributed by atoms with E-state index in [1.807, 2.05) is 19.1 Å². The van der Waals surface area contributed by atoms with Crippen LogP contribution in [0.15, 0.2) is 24.3 Å². The highest BCUT2D eigenvalue weighted by Crippen LogP contribution is 2.21. The molecule has 5 nitrogen and oxygen atoms in total. The lowest BCUT2D eigenvalue weighted by molar-refractivity contribution is 0.102. The van der Waals surface area contributed by atoms with Gasteiger partial charge in [0.25, 0.3) is 5.91 Å². The molecule has 0 saturated carbocycles. The van der Waals surface area contributed by atoms with Gasteiger partial charge in [-0.15, -0.1) is 0 Å². The topological polar surface area (TPSA) is 58.1 Å². The van der Waals surface area contributed by atoms with Gasteiger partial charge in [0.1, 0.15) is 17.3 Å². The van der Waals surface area contributed by atoms with Crippen molar-refractivity contribution in [2.75, 3.05) is 23.3 Å². The first-order valence-electron chi connectivity index (χ1n) is 7.62. The van der Waals surface area contributed by atoms with Crippen LogP contribution < -0.4 is 10.2 Å². The first-order chi connectivity index (χ1) is 10.9. The van der Waals surface area contributed by atoms with E-state index in [1.165, 1.54) is 0 Å². The minimum Gasteiger partial charge on any atom is -0.357 e. The van der Waals surface area contributed by atoms with Crippen LogP contribution in [0.3, 0.4) is 0 Å². The maximum atomic E-state index is 12.5. The maximum Gasteiger partial charge on any atom is 0.274 e. The molecule has 6 heteroatoms. The molecule has 0 aliphatic carbocycles. The lowest BCUT2D eigenvalue weighted by atomic mass is 10.2. The standard InChI is InChI=1S/C17H21ClN4O/c1-5-22(6-2)16-10-15(19-12(4)20-16)17(23)21-13-8-7-11(3)14(18)9-13/h7-10H,5-6H2,1-4H3,(H,21,23). The summed E-state index contributed by atoms with van der Waals surface area (Å²) in [5.41, 5.74) is 1.95. The summed E-state index contributed by atoms with van der Waals surface area (Å²) in [6.45, 7) is 9.44. The van der Waals surface area contributed by atoms with Crippen molar-refractivity contribution in [3.8, 4) is 0 Å². The molecule has 0 fully saturated rings. The molecule has 1 N–H and O–H groups in total. The van der Waals surface area contributed by atoms with Crippen molar-refractivity contribution >= 4 is 29.0 Å². The number of carbonyl (C=O) groups excluding carboxylic acids is 1. The van der Waals surface area contributed by atoms with Gasteiger partial charge in [0, 0.05) is 29.9 Å². The van der Waals surface area contributed by atoms with Gasteiger partial charge < -0.3 is 10.2 Å². The summed E-state index contributed by atoms with van der Waals surface area (Å²) in [5, 5.41) is 3.44. The van der Waals surface area contributed by atoms with Gasteiger partial charge in [0.2, 0.25) is 0 Å². The molecule has 0 atom stereocenters. The molecule has 122 valence electrons. The molecule has 0 aliphatic rings. The second kappa shape index (κ2) is 7.42. The Kier molecular flexibility index (Phi) is 5.55. The Labute approximate surface area is 141 Å². The summed E-state index contributed by atoms with van der Waals surface area (Å²) >= 11 is 6.09. The number of carbonyl (C=O) groups is 1. The predicted molar refractivity (Wildman–Crippen MR) is 94.5 cm³/mol. The summed E-state index contributed by atoms with van der Waals surface area (Å²) < 4.78 is 0. The summed E-state index contributed by atoms with van der Waals surface area (Å²) in [5.74, 6) is 1.06. The first kappa shape index (κ1) is 17.2. The van der Waals surface area contributed by atoms with Crippen LogP contribution in [-0.2, 0) is 0 Å². The van der Waals surface area contributed by atoms with Crippen molar-refractivity contribution in [3.63, 3.8) is 0 Å². The average molecular weight is 333 g/mol. The highest BCUT2D eigenvalue weighted by atomic mass is 35.5. The number of nitrogens with one attached hydrogen (secondary N) is 1. The molecule has 1 aromatic carbocycles. The number of benzene rings is 1. The number of hydrogen-bond donors (Lipinski definition) is 1. The molecule has 0 radical (unpaired) electrons. The normalized spacial score (nSPS) is 10.5. The van der Waals surface area contributed by atoms with Gasteiger partial charge in [0.15, 0.2) is 0 Å². The SMILES string of the molecule is CCN(CC)c1cc(C(=O)Nc2ccc(C)c(Cl)c2)nc(C)n1. The number of hydrogen-bond acceptors (Lipinski definition) is 4. The number of aromatic nitrogens is 2. The van der Waals surface area contributed by atoms with Gasteiger partial charge >= 0.3 is 0 Å². The molecule has 2 rings (SSSR count). The van der Waals surface area contributed by atoms with Crippen molar-refractivity contribution < 1.29 is 4.79 Å². The molecule has 0 spiro atoms. The van der Waals surface area contributed by atoms with Crippen molar-refractivity contribution in [2.45, 2.75) is 27.7 Å². The second-order valence-electron chi connectivity index (χ2n) is 5.25. The van der Waals surface area contributed by atoms with E-state index in [2.05, 4.69) is 34.0 Å². The smallest absolute Gasteiger partial charge is 0.274 e. The number of amides is 1. The Morgan fingerprint density at radius 1 is 1.17 bits per heavy atom. The first-order valence-corrected chi connectivity index (χ1v) is 8.00. The third-order valence-corrected chi connectivity index (χ3v) is 3.98. The van der Waals surface area contributed by atoms with E-state index < -0.39 is 0 Å². The largest absolute Gasteiger partial charge is 0.357 e. The van der Waals surface area contributed by atoms with Crippen LogP contribution in [0.25, 0.3) is 0 Å². The van der Waals surface area contributed by atoms with E-state index >= 15 is 0 Å². The fourth-order valence-electron chi connectivity index (χ4n) is 2.24. The van der Waals surface area contributed by atoms with Crippen molar-refractivity contribution in [1.29, 1.82) is 0 Å². The lowest BCUT2D eigenvalue weighted by Gasteiger charge is -2.20. The lowest BCUT2D eigenvalue weighted by Crippen LogP contribution is -2.24. The molecule has 23 heavy (non-hydrogen) atoms. The van der Waals surface area contributed by atoms with Crippen LogP contribution in [0, 0.1) is 13.8 Å². The second-order valence-corrected chi connectivity index (χ2v) is 5.66. The third-order valence-electron chi connectivity index (χ3n) is 3.57. The van der Waals surface area contributed by atoms with Crippen LogP contribution >= 0.6 is 11.6 Å². The summed E-state index contributed by atoms with van der Waals surface area (Å²) in [7, 11) is 0. The van der Waals surface area contributed by atoms with Gasteiger partial charge in [-0.3, -0.25) is 4.79 Å². The van der Waals surface area contributed by atoms with Gasteiger partial charge in [-0.25, -0.2) is 9.97 Å². The molecule has 1 aromatic heterocycles. The van der Waals surface area contributed by atoms with Crippen LogP contribution in [0.5, 0.6) is 0 Å². The van der Waals surface area contributed by atoms with Crippen LogP contribution in [0.2, 0.25) is 5.02 Å². The van der Waals surface area contributed by atoms with Crippen LogP contribution in [0.1, 0.15) is 35.7 Å². The molecule has 0 unspecified atom stereocenters. The van der Waals surface area contributed by atoms with Gasteiger partial charge in [-0.05, 0) is 45.4 Å². The van der Waals surface area contributed by atoms with Crippen LogP contribution in [0.4, 0.5) is 11.5 Å². The van der Waals surface area contributed by atoms with Gasteiger partial charge in [0.05, 0.1) is 0 Å². The molecule has 1 amide bonds. The Morgan fingerprint density at radius 3 is 2.48 bits per heavy atom. The Bertz CT molecular complexity index is 714. The number of rotatable bonds is 5. The summed E-state index contributed by atoms with van der Waals surface area (Å²) in [6, 6.07) is 7.13. The molecule has 0 bridgehead atoms. The zero-order valence-electron chi connectivity index (χ0n) is 13.9.